The molecule has 5 nitrogen and oxygen atoms in total. The Labute approximate surface area is 179 Å². The Hall–Kier alpha value is -2.48. The summed E-state index contributed by atoms with van der Waals surface area (Å²) in [7, 11) is -6.65. The highest BCUT2D eigenvalue weighted by atomic mass is 32.2. The predicted octanol–water partition coefficient (Wildman–Crippen LogP) is 4.30. The summed E-state index contributed by atoms with van der Waals surface area (Å²) in [6.45, 7) is 0.269. The molecular formula is C23H25NO4S2. The highest BCUT2D eigenvalue weighted by Crippen LogP contribution is 2.20. The molecule has 0 fully saturated rings. The fourth-order valence-corrected chi connectivity index (χ4v) is 5.91. The molecule has 1 unspecified atom stereocenters. The van der Waals surface area contributed by atoms with E-state index in [1.54, 1.807) is 24.3 Å². The first-order chi connectivity index (χ1) is 14.3. The smallest absolute Gasteiger partial charge is 0.264 e. The minimum Gasteiger partial charge on any atom is -0.266 e. The van der Waals surface area contributed by atoms with Gasteiger partial charge in [-0.25, -0.2) is 8.57 Å². The molecule has 0 aliphatic carbocycles. The van der Waals surface area contributed by atoms with Gasteiger partial charge in [-0.05, 0) is 23.3 Å². The Balaban J connectivity index is 1.97. The van der Waals surface area contributed by atoms with Crippen molar-refractivity contribution >= 4 is 19.8 Å². The van der Waals surface area contributed by atoms with E-state index in [1.807, 2.05) is 66.7 Å². The van der Waals surface area contributed by atoms with E-state index in [0.717, 1.165) is 17.4 Å². The summed E-state index contributed by atoms with van der Waals surface area (Å²) in [5, 5.41) is 0. The number of benzene rings is 3. The molecule has 158 valence electrons. The Kier molecular flexibility index (Phi) is 7.42. The third-order valence-electron chi connectivity index (χ3n) is 4.44. The first-order valence-electron chi connectivity index (χ1n) is 9.56. The van der Waals surface area contributed by atoms with Gasteiger partial charge in [-0.15, -0.1) is 0 Å². The number of rotatable bonds is 9. The highest BCUT2D eigenvalue weighted by molar-refractivity contribution is 7.93. The summed E-state index contributed by atoms with van der Waals surface area (Å²) in [4.78, 5) is 0.566. The minimum absolute atomic E-state index is 0.0220. The lowest BCUT2D eigenvalue weighted by Crippen LogP contribution is -2.29. The fraction of sp³-hybridized carbons (Fsp3) is 0.217. The van der Waals surface area contributed by atoms with Gasteiger partial charge in [0.05, 0.1) is 34.4 Å². The predicted molar refractivity (Wildman–Crippen MR) is 120 cm³/mol. The van der Waals surface area contributed by atoms with Gasteiger partial charge in [0, 0.05) is 11.3 Å². The van der Waals surface area contributed by atoms with E-state index >= 15 is 0 Å². The topological polar surface area (TPSA) is 72.8 Å². The average molecular weight is 444 g/mol. The Morgan fingerprint density at radius 2 is 1.27 bits per heavy atom. The number of hydrogen-bond acceptors (Lipinski definition) is 5. The molecule has 0 radical (unpaired) electrons. The molecule has 3 rings (SSSR count). The summed E-state index contributed by atoms with van der Waals surface area (Å²) in [5.74, 6) is -0.0220. The lowest BCUT2D eigenvalue weighted by Gasteiger charge is -2.20. The van der Waals surface area contributed by atoms with Crippen LogP contribution in [0, 0.1) is 0 Å². The van der Waals surface area contributed by atoms with E-state index in [1.165, 1.54) is 0 Å². The number of nitrogens with zero attached hydrogens (tertiary/aromatic N) is 1. The molecule has 0 amide bonds. The first-order valence-corrected chi connectivity index (χ1v) is 13.1. The van der Waals surface area contributed by atoms with Crippen molar-refractivity contribution in [2.24, 2.45) is 4.36 Å². The van der Waals surface area contributed by atoms with Crippen LogP contribution in [0.5, 0.6) is 0 Å². The summed E-state index contributed by atoms with van der Waals surface area (Å²) >= 11 is 0. The van der Waals surface area contributed by atoms with Crippen LogP contribution in [0.1, 0.15) is 11.1 Å². The normalized spacial score (nSPS) is 14.6. The van der Waals surface area contributed by atoms with Crippen molar-refractivity contribution in [3.05, 3.63) is 102 Å². The molecule has 30 heavy (non-hydrogen) atoms. The zero-order valence-electron chi connectivity index (χ0n) is 16.8. The van der Waals surface area contributed by atoms with E-state index in [9.17, 15) is 12.6 Å². The molecule has 0 N–H and O–H groups in total. The van der Waals surface area contributed by atoms with Crippen LogP contribution in [0.25, 0.3) is 0 Å². The summed E-state index contributed by atoms with van der Waals surface area (Å²) < 4.78 is 47.7. The Morgan fingerprint density at radius 3 is 1.80 bits per heavy atom. The van der Waals surface area contributed by atoms with Gasteiger partial charge in [-0.1, -0.05) is 78.9 Å². The Morgan fingerprint density at radius 1 is 0.767 bits per heavy atom. The SMILES string of the molecule is CS(=O)(=O)OC(Cc1ccccc1)C[S@@](=O)(=NCc1ccccc1)c1ccccc1. The monoisotopic (exact) mass is 443 g/mol. The van der Waals surface area contributed by atoms with E-state index in [-0.39, 0.29) is 12.3 Å². The molecule has 0 spiro atoms. The van der Waals surface area contributed by atoms with Gasteiger partial charge in [-0.2, -0.15) is 8.42 Å². The van der Waals surface area contributed by atoms with E-state index in [2.05, 4.69) is 4.36 Å². The second-order valence-corrected chi connectivity index (χ2v) is 10.9. The van der Waals surface area contributed by atoms with Crippen LogP contribution in [0.15, 0.2) is 100 Å². The minimum atomic E-state index is -3.73. The first kappa shape index (κ1) is 22.2. The zero-order chi connectivity index (χ0) is 21.5. The molecule has 3 aromatic rings. The second-order valence-electron chi connectivity index (χ2n) is 7.01. The molecule has 0 aliphatic heterocycles. The third kappa shape index (κ3) is 6.79. The summed E-state index contributed by atoms with van der Waals surface area (Å²) in [5.41, 5.74) is 1.84. The standard InChI is InChI=1S/C23H25NO4S2/c1-29(25,26)28-22(17-20-11-5-2-6-12-20)19-30(27,23-15-9-4-10-16-23)24-18-21-13-7-3-8-14-21/h2-16,22H,17-19H2,1H3/t22?,30-/m0/s1. The maximum atomic E-state index is 14.0. The van der Waals surface area contributed by atoms with Gasteiger partial charge in [0.1, 0.15) is 0 Å². The highest BCUT2D eigenvalue weighted by Gasteiger charge is 2.24. The largest absolute Gasteiger partial charge is 0.266 e. The van der Waals surface area contributed by atoms with E-state index in [4.69, 9.17) is 4.18 Å². The van der Waals surface area contributed by atoms with Crippen LogP contribution in [-0.4, -0.2) is 30.7 Å². The van der Waals surface area contributed by atoms with E-state index in [0.29, 0.717) is 11.3 Å². The Bertz CT molecular complexity index is 1160. The van der Waals surface area contributed by atoms with Crippen molar-refractivity contribution in [3.8, 4) is 0 Å². The van der Waals surface area contributed by atoms with Crippen LogP contribution in [0.3, 0.4) is 0 Å². The molecule has 0 saturated heterocycles. The van der Waals surface area contributed by atoms with Gasteiger partial charge in [-0.3, -0.25) is 4.18 Å². The van der Waals surface area contributed by atoms with Crippen LogP contribution in [0.2, 0.25) is 0 Å². The fourth-order valence-electron chi connectivity index (χ4n) is 3.12. The lowest BCUT2D eigenvalue weighted by atomic mass is 10.1. The summed E-state index contributed by atoms with van der Waals surface area (Å²) in [6.07, 6.45) is 0.532. The van der Waals surface area contributed by atoms with Gasteiger partial charge in [0.15, 0.2) is 0 Å². The quantitative estimate of drug-likeness (QED) is 0.462. The molecule has 0 bridgehead atoms. The van der Waals surface area contributed by atoms with Crippen molar-refractivity contribution in [2.45, 2.75) is 24.0 Å². The maximum absolute atomic E-state index is 14.0. The van der Waals surface area contributed by atoms with Crippen molar-refractivity contribution in [1.29, 1.82) is 0 Å². The van der Waals surface area contributed by atoms with Crippen molar-refractivity contribution in [3.63, 3.8) is 0 Å². The molecule has 7 heteroatoms. The van der Waals surface area contributed by atoms with Crippen LogP contribution >= 0.6 is 0 Å². The van der Waals surface area contributed by atoms with Crippen LogP contribution in [0.4, 0.5) is 0 Å². The second kappa shape index (κ2) is 10.0. The number of hydrogen-bond donors (Lipinski definition) is 0. The molecule has 0 heterocycles. The average Bonchev–Trinajstić information content (AvgIpc) is 2.73. The molecular weight excluding hydrogens is 418 g/mol. The zero-order valence-corrected chi connectivity index (χ0v) is 18.4. The van der Waals surface area contributed by atoms with Crippen LogP contribution in [-0.2, 0) is 37.0 Å². The van der Waals surface area contributed by atoms with Crippen LogP contribution < -0.4 is 0 Å². The summed E-state index contributed by atoms with van der Waals surface area (Å²) in [6, 6.07) is 27.9. The maximum Gasteiger partial charge on any atom is 0.264 e. The van der Waals surface area contributed by atoms with Crippen molar-refractivity contribution in [1.82, 2.24) is 0 Å². The van der Waals surface area contributed by atoms with Gasteiger partial charge >= 0.3 is 0 Å². The molecule has 3 aromatic carbocycles. The molecule has 0 aliphatic rings. The van der Waals surface area contributed by atoms with Gasteiger partial charge in [0.25, 0.3) is 10.1 Å². The van der Waals surface area contributed by atoms with Gasteiger partial charge in [0.2, 0.25) is 0 Å². The third-order valence-corrected chi connectivity index (χ3v) is 7.44. The molecule has 2 atom stereocenters. The molecule has 0 saturated carbocycles. The van der Waals surface area contributed by atoms with Gasteiger partial charge < -0.3 is 0 Å². The molecule has 0 aromatic heterocycles. The van der Waals surface area contributed by atoms with Crippen molar-refractivity contribution in [2.75, 3.05) is 12.0 Å². The lowest BCUT2D eigenvalue weighted by molar-refractivity contribution is 0.234. The van der Waals surface area contributed by atoms with E-state index < -0.39 is 26.0 Å². The van der Waals surface area contributed by atoms with Crippen molar-refractivity contribution < 1.29 is 16.8 Å².